The summed E-state index contributed by atoms with van der Waals surface area (Å²) in [6.07, 6.45) is 0. The molecule has 0 unspecified atom stereocenters. The highest BCUT2D eigenvalue weighted by Gasteiger charge is 2.14. The van der Waals surface area contributed by atoms with E-state index in [1.807, 2.05) is 50.2 Å². The van der Waals surface area contributed by atoms with Gasteiger partial charge < -0.3 is 14.2 Å². The van der Waals surface area contributed by atoms with Crippen LogP contribution >= 0.6 is 0 Å². The van der Waals surface area contributed by atoms with Gasteiger partial charge in [0.1, 0.15) is 11.2 Å². The maximum atomic E-state index is 12.4. The molecule has 0 aliphatic heterocycles. The number of hydrogen-bond donors (Lipinski definition) is 1. The Balaban J connectivity index is 1.65. The van der Waals surface area contributed by atoms with Crippen LogP contribution < -0.4 is 10.9 Å². The minimum atomic E-state index is -0.435. The topological polar surface area (TPSA) is 72.5 Å². The van der Waals surface area contributed by atoms with Crippen LogP contribution in [0.5, 0.6) is 0 Å². The number of carbonyl (C=O) groups excluding carboxylic acids is 1. The van der Waals surface area contributed by atoms with Gasteiger partial charge in [-0.2, -0.15) is 0 Å². The summed E-state index contributed by atoms with van der Waals surface area (Å²) in [5.74, 6) is -0.0848. The molecule has 0 spiro atoms. The third-order valence-corrected chi connectivity index (χ3v) is 4.36. The summed E-state index contributed by atoms with van der Waals surface area (Å²) < 4.78 is 10.9. The van der Waals surface area contributed by atoms with E-state index in [0.29, 0.717) is 11.2 Å². The molecule has 1 N–H and O–H groups in total. The van der Waals surface area contributed by atoms with Crippen molar-refractivity contribution in [3.05, 3.63) is 81.4 Å². The van der Waals surface area contributed by atoms with E-state index < -0.39 is 5.63 Å². The number of rotatable bonds is 3. The molecule has 5 nitrogen and oxygen atoms in total. The van der Waals surface area contributed by atoms with Crippen molar-refractivity contribution in [3.8, 4) is 0 Å². The first kappa shape index (κ1) is 16.1. The average molecular weight is 347 g/mol. The van der Waals surface area contributed by atoms with Crippen LogP contribution in [0.3, 0.4) is 0 Å². The van der Waals surface area contributed by atoms with Gasteiger partial charge in [-0.1, -0.05) is 24.3 Å². The fourth-order valence-electron chi connectivity index (χ4n) is 3.27. The van der Waals surface area contributed by atoms with Crippen LogP contribution in [0.2, 0.25) is 0 Å². The molecule has 0 bridgehead atoms. The van der Waals surface area contributed by atoms with E-state index in [1.54, 1.807) is 6.07 Å². The first-order chi connectivity index (χ1) is 12.5. The smallest absolute Gasteiger partial charge is 0.336 e. The summed E-state index contributed by atoms with van der Waals surface area (Å²) in [6, 6.07) is 14.4. The van der Waals surface area contributed by atoms with Crippen LogP contribution in [0.1, 0.15) is 27.2 Å². The molecule has 2 heterocycles. The Kier molecular flexibility index (Phi) is 3.84. The second-order valence-corrected chi connectivity index (χ2v) is 6.38. The third kappa shape index (κ3) is 2.88. The van der Waals surface area contributed by atoms with Gasteiger partial charge >= 0.3 is 5.63 Å². The zero-order valence-electron chi connectivity index (χ0n) is 14.5. The van der Waals surface area contributed by atoms with Gasteiger partial charge in [0.05, 0.1) is 0 Å². The van der Waals surface area contributed by atoms with E-state index in [1.165, 1.54) is 6.07 Å². The van der Waals surface area contributed by atoms with Crippen LogP contribution in [-0.2, 0) is 6.54 Å². The molecule has 0 saturated heterocycles. The van der Waals surface area contributed by atoms with E-state index >= 15 is 0 Å². The van der Waals surface area contributed by atoms with Gasteiger partial charge in [-0.3, -0.25) is 4.79 Å². The molecular formula is C21H17NO4. The highest BCUT2D eigenvalue weighted by Crippen LogP contribution is 2.23. The van der Waals surface area contributed by atoms with E-state index in [0.717, 1.165) is 27.5 Å². The molecule has 26 heavy (non-hydrogen) atoms. The van der Waals surface area contributed by atoms with Gasteiger partial charge in [0.2, 0.25) is 0 Å². The van der Waals surface area contributed by atoms with E-state index in [4.69, 9.17) is 8.83 Å². The molecule has 0 saturated carbocycles. The summed E-state index contributed by atoms with van der Waals surface area (Å²) in [7, 11) is 0. The first-order valence-corrected chi connectivity index (χ1v) is 8.32. The minimum Gasteiger partial charge on any atom is -0.451 e. The SMILES string of the molecule is Cc1cc(C)c2c(CNC(=O)c3cc4ccccc4o3)cc(=O)oc2c1. The molecule has 5 heteroatoms. The number of para-hydroxylation sites is 1. The van der Waals surface area contributed by atoms with E-state index in [-0.39, 0.29) is 18.2 Å². The predicted molar refractivity (Wildman–Crippen MR) is 99.3 cm³/mol. The van der Waals surface area contributed by atoms with Crippen molar-refractivity contribution in [2.24, 2.45) is 0 Å². The fraction of sp³-hybridized carbons (Fsp3) is 0.143. The lowest BCUT2D eigenvalue weighted by molar-refractivity contribution is 0.0925. The number of nitrogens with one attached hydrogen (secondary N) is 1. The van der Waals surface area contributed by atoms with Gasteiger partial charge in [-0.05, 0) is 48.7 Å². The van der Waals surface area contributed by atoms with Crippen molar-refractivity contribution in [2.45, 2.75) is 20.4 Å². The Morgan fingerprint density at radius 2 is 1.81 bits per heavy atom. The molecule has 0 aliphatic rings. The molecule has 0 fully saturated rings. The predicted octanol–water partition coefficient (Wildman–Crippen LogP) is 4.09. The third-order valence-electron chi connectivity index (χ3n) is 4.36. The zero-order chi connectivity index (χ0) is 18.3. The van der Waals surface area contributed by atoms with Crippen LogP contribution in [0, 0.1) is 13.8 Å². The second kappa shape index (κ2) is 6.19. The lowest BCUT2D eigenvalue weighted by atomic mass is 10.0. The highest BCUT2D eigenvalue weighted by atomic mass is 16.4. The molecule has 1 amide bonds. The summed E-state index contributed by atoms with van der Waals surface area (Å²) in [5.41, 5.74) is 3.49. The molecular weight excluding hydrogens is 330 g/mol. The summed E-state index contributed by atoms with van der Waals surface area (Å²) in [5, 5.41) is 4.54. The maximum absolute atomic E-state index is 12.4. The number of aryl methyl sites for hydroxylation is 2. The summed E-state index contributed by atoms with van der Waals surface area (Å²) >= 11 is 0. The summed E-state index contributed by atoms with van der Waals surface area (Å²) in [6.45, 7) is 4.12. The van der Waals surface area contributed by atoms with Crippen LogP contribution in [-0.4, -0.2) is 5.91 Å². The number of fused-ring (bicyclic) bond motifs is 2. The van der Waals surface area contributed by atoms with Gasteiger partial charge in [-0.25, -0.2) is 4.79 Å². The number of hydrogen-bond acceptors (Lipinski definition) is 4. The van der Waals surface area contributed by atoms with Gasteiger partial charge in [0.25, 0.3) is 5.91 Å². The summed E-state index contributed by atoms with van der Waals surface area (Å²) in [4.78, 5) is 24.3. The second-order valence-electron chi connectivity index (χ2n) is 6.38. The minimum absolute atomic E-state index is 0.210. The number of furan rings is 1. The molecule has 0 radical (unpaired) electrons. The van der Waals surface area contributed by atoms with Crippen LogP contribution in [0.4, 0.5) is 0 Å². The monoisotopic (exact) mass is 347 g/mol. The van der Waals surface area contributed by atoms with Crippen LogP contribution in [0.15, 0.2) is 62.2 Å². The van der Waals surface area contributed by atoms with Crippen LogP contribution in [0.25, 0.3) is 21.9 Å². The standard InChI is InChI=1S/C21H17NO4/c1-12-7-13(2)20-15(10-19(23)26-17(20)8-12)11-22-21(24)18-9-14-5-3-4-6-16(14)25-18/h3-10H,11H2,1-2H3,(H,22,24). The Morgan fingerprint density at radius 3 is 2.62 bits per heavy atom. The Morgan fingerprint density at radius 1 is 1.00 bits per heavy atom. The average Bonchev–Trinajstić information content (AvgIpc) is 3.02. The lowest BCUT2D eigenvalue weighted by Crippen LogP contribution is -2.23. The normalized spacial score (nSPS) is 11.2. The molecule has 2 aromatic heterocycles. The quantitative estimate of drug-likeness (QED) is 0.567. The fourth-order valence-corrected chi connectivity index (χ4v) is 3.27. The number of amides is 1. The van der Waals surface area contributed by atoms with Crippen molar-refractivity contribution < 1.29 is 13.6 Å². The van der Waals surface area contributed by atoms with Crippen molar-refractivity contribution in [2.75, 3.05) is 0 Å². The molecule has 0 atom stereocenters. The van der Waals surface area contributed by atoms with Gasteiger partial charge in [0.15, 0.2) is 5.76 Å². The Hall–Kier alpha value is -3.34. The maximum Gasteiger partial charge on any atom is 0.336 e. The highest BCUT2D eigenvalue weighted by molar-refractivity contribution is 5.96. The van der Waals surface area contributed by atoms with Crippen molar-refractivity contribution in [3.63, 3.8) is 0 Å². The lowest BCUT2D eigenvalue weighted by Gasteiger charge is -2.09. The van der Waals surface area contributed by atoms with Crippen molar-refractivity contribution >= 4 is 27.8 Å². The number of benzene rings is 2. The molecule has 4 rings (SSSR count). The van der Waals surface area contributed by atoms with Gasteiger partial charge in [0, 0.05) is 23.4 Å². The van der Waals surface area contributed by atoms with E-state index in [9.17, 15) is 9.59 Å². The zero-order valence-corrected chi connectivity index (χ0v) is 14.5. The van der Waals surface area contributed by atoms with Crippen molar-refractivity contribution in [1.82, 2.24) is 5.32 Å². The first-order valence-electron chi connectivity index (χ1n) is 8.32. The molecule has 4 aromatic rings. The Labute approximate surface area is 149 Å². The van der Waals surface area contributed by atoms with Gasteiger partial charge in [-0.15, -0.1) is 0 Å². The molecule has 130 valence electrons. The Bertz CT molecular complexity index is 1170. The largest absolute Gasteiger partial charge is 0.451 e. The van der Waals surface area contributed by atoms with E-state index in [2.05, 4.69) is 5.32 Å². The number of carbonyl (C=O) groups is 1. The van der Waals surface area contributed by atoms with Crippen molar-refractivity contribution in [1.29, 1.82) is 0 Å². The molecule has 2 aromatic carbocycles. The molecule has 0 aliphatic carbocycles.